The maximum atomic E-state index is 12.2. The molecular formula is C30H47N3O4. The summed E-state index contributed by atoms with van der Waals surface area (Å²) in [5.74, 6) is 0.0872. The van der Waals surface area contributed by atoms with Gasteiger partial charge in [-0.3, -0.25) is 9.59 Å². The van der Waals surface area contributed by atoms with E-state index in [0.717, 1.165) is 30.0 Å². The van der Waals surface area contributed by atoms with E-state index in [2.05, 4.69) is 24.2 Å². The fourth-order valence-corrected chi connectivity index (χ4v) is 4.49. The van der Waals surface area contributed by atoms with Gasteiger partial charge >= 0.3 is 11.9 Å². The predicted octanol–water partition coefficient (Wildman–Crippen LogP) is 6.71. The Morgan fingerprint density at radius 1 is 0.919 bits per heavy atom. The standard InChI is InChI=1S/C30H47N3O4/c1-24(2)16-12-9-7-5-6-8-10-15-21-37-29(34)20-19-27-23-33(32-31-27)28(22-25(3)30(35)36-4)26-17-13-11-14-18-26/h11,13-14,17-18,23-25,28H,5-10,12,15-16,19-22H2,1-4H3. The first-order valence-electron chi connectivity index (χ1n) is 14.1. The molecule has 0 radical (unpaired) electrons. The van der Waals surface area contributed by atoms with Crippen LogP contribution in [0.25, 0.3) is 0 Å². The van der Waals surface area contributed by atoms with Crippen molar-refractivity contribution in [1.82, 2.24) is 15.0 Å². The molecule has 1 aromatic heterocycles. The number of hydrogen-bond acceptors (Lipinski definition) is 6. The summed E-state index contributed by atoms with van der Waals surface area (Å²) in [7, 11) is 1.40. The molecule has 0 N–H and O–H groups in total. The molecule has 0 amide bonds. The average Bonchev–Trinajstić information content (AvgIpc) is 3.37. The first kappa shape index (κ1) is 30.5. The van der Waals surface area contributed by atoms with Crippen molar-refractivity contribution in [2.45, 2.75) is 104 Å². The molecule has 2 aromatic rings. The fourth-order valence-electron chi connectivity index (χ4n) is 4.49. The first-order valence-corrected chi connectivity index (χ1v) is 14.1. The lowest BCUT2D eigenvalue weighted by Gasteiger charge is -2.20. The van der Waals surface area contributed by atoms with Gasteiger partial charge in [0, 0.05) is 12.6 Å². The molecule has 0 aliphatic heterocycles. The molecule has 2 unspecified atom stereocenters. The molecule has 2 atom stereocenters. The number of carbonyl (C=O) groups is 2. The first-order chi connectivity index (χ1) is 17.9. The van der Waals surface area contributed by atoms with Crippen molar-refractivity contribution in [1.29, 1.82) is 0 Å². The normalized spacial score (nSPS) is 12.9. The summed E-state index contributed by atoms with van der Waals surface area (Å²) in [6, 6.07) is 9.77. The number of unbranched alkanes of at least 4 members (excludes halogenated alkanes) is 7. The van der Waals surface area contributed by atoms with Crippen LogP contribution in [0.1, 0.15) is 109 Å². The Bertz CT molecular complexity index is 897. The van der Waals surface area contributed by atoms with Crippen LogP contribution in [0.3, 0.4) is 0 Å². The second kappa shape index (κ2) is 17.7. The van der Waals surface area contributed by atoms with Crippen molar-refractivity contribution in [2.24, 2.45) is 11.8 Å². The van der Waals surface area contributed by atoms with Gasteiger partial charge < -0.3 is 9.47 Å². The third kappa shape index (κ3) is 12.4. The van der Waals surface area contributed by atoms with Gasteiger partial charge in [0.15, 0.2) is 0 Å². The number of aryl methyl sites for hydroxylation is 1. The van der Waals surface area contributed by atoms with E-state index in [1.165, 1.54) is 52.1 Å². The summed E-state index contributed by atoms with van der Waals surface area (Å²) in [5.41, 5.74) is 1.78. The Morgan fingerprint density at radius 2 is 1.57 bits per heavy atom. The van der Waals surface area contributed by atoms with Gasteiger partial charge in [0.2, 0.25) is 0 Å². The number of carbonyl (C=O) groups excluding carboxylic acids is 2. The van der Waals surface area contributed by atoms with E-state index in [-0.39, 0.29) is 30.3 Å². The number of esters is 2. The van der Waals surface area contributed by atoms with Gasteiger partial charge in [0.1, 0.15) is 0 Å². The molecule has 0 fully saturated rings. The number of nitrogens with zero attached hydrogens (tertiary/aromatic N) is 3. The predicted molar refractivity (Wildman–Crippen MR) is 146 cm³/mol. The van der Waals surface area contributed by atoms with Gasteiger partial charge in [-0.15, -0.1) is 5.10 Å². The summed E-state index contributed by atoms with van der Waals surface area (Å²) >= 11 is 0. The molecule has 1 aromatic carbocycles. The molecule has 0 aliphatic rings. The Kier molecular flexibility index (Phi) is 14.6. The van der Waals surface area contributed by atoms with Gasteiger partial charge in [0.05, 0.1) is 37.8 Å². The van der Waals surface area contributed by atoms with Crippen molar-refractivity contribution in [3.8, 4) is 0 Å². The van der Waals surface area contributed by atoms with Gasteiger partial charge in [-0.05, 0) is 24.3 Å². The third-order valence-electron chi connectivity index (χ3n) is 6.77. The van der Waals surface area contributed by atoms with Crippen molar-refractivity contribution in [3.63, 3.8) is 0 Å². The molecular weight excluding hydrogens is 466 g/mol. The lowest BCUT2D eigenvalue weighted by Crippen LogP contribution is -2.20. The molecule has 7 heteroatoms. The van der Waals surface area contributed by atoms with Crippen molar-refractivity contribution >= 4 is 11.9 Å². The van der Waals surface area contributed by atoms with E-state index in [0.29, 0.717) is 19.4 Å². The average molecular weight is 514 g/mol. The van der Waals surface area contributed by atoms with Crippen LogP contribution in [0.5, 0.6) is 0 Å². The van der Waals surface area contributed by atoms with Crippen LogP contribution in [-0.2, 0) is 25.5 Å². The number of benzene rings is 1. The number of methoxy groups -OCH3 is 1. The van der Waals surface area contributed by atoms with Gasteiger partial charge in [-0.1, -0.05) is 108 Å². The fraction of sp³-hybridized carbons (Fsp3) is 0.667. The Labute approximate surface area is 223 Å². The topological polar surface area (TPSA) is 83.3 Å². The van der Waals surface area contributed by atoms with Crippen molar-refractivity contribution in [3.05, 3.63) is 47.8 Å². The summed E-state index contributed by atoms with van der Waals surface area (Å²) in [5, 5.41) is 8.57. The Morgan fingerprint density at radius 3 is 2.22 bits per heavy atom. The van der Waals surface area contributed by atoms with Crippen molar-refractivity contribution in [2.75, 3.05) is 13.7 Å². The molecule has 37 heavy (non-hydrogen) atoms. The quantitative estimate of drug-likeness (QED) is 0.153. The Balaban J connectivity index is 1.68. The Hall–Kier alpha value is -2.70. The van der Waals surface area contributed by atoms with Crippen molar-refractivity contribution < 1.29 is 19.1 Å². The zero-order chi connectivity index (χ0) is 26.9. The van der Waals surface area contributed by atoms with E-state index >= 15 is 0 Å². The zero-order valence-corrected chi connectivity index (χ0v) is 23.4. The summed E-state index contributed by atoms with van der Waals surface area (Å²) in [4.78, 5) is 24.2. The second-order valence-corrected chi connectivity index (χ2v) is 10.5. The number of aromatic nitrogens is 3. The summed E-state index contributed by atoms with van der Waals surface area (Å²) < 4.78 is 12.1. The van der Waals surface area contributed by atoms with E-state index in [4.69, 9.17) is 9.47 Å². The highest BCUT2D eigenvalue weighted by atomic mass is 16.5. The lowest BCUT2D eigenvalue weighted by atomic mass is 9.96. The lowest BCUT2D eigenvalue weighted by molar-refractivity contribution is -0.145. The molecule has 2 rings (SSSR count). The summed E-state index contributed by atoms with van der Waals surface area (Å²) in [6.07, 6.45) is 14.4. The maximum Gasteiger partial charge on any atom is 0.308 e. The van der Waals surface area contributed by atoms with Crippen LogP contribution in [-0.4, -0.2) is 40.6 Å². The highest BCUT2D eigenvalue weighted by molar-refractivity contribution is 5.71. The highest BCUT2D eigenvalue weighted by Crippen LogP contribution is 2.26. The monoisotopic (exact) mass is 513 g/mol. The minimum Gasteiger partial charge on any atom is -0.469 e. The SMILES string of the molecule is COC(=O)C(C)CC(c1ccccc1)n1cc(CCC(=O)OCCCCCCCCCCC(C)C)nn1. The van der Waals surface area contributed by atoms with Crippen LogP contribution in [0.2, 0.25) is 0 Å². The molecule has 0 saturated carbocycles. The van der Waals surface area contributed by atoms with Crippen LogP contribution < -0.4 is 0 Å². The second-order valence-electron chi connectivity index (χ2n) is 10.5. The third-order valence-corrected chi connectivity index (χ3v) is 6.77. The minimum atomic E-state index is -0.285. The van der Waals surface area contributed by atoms with Crippen LogP contribution in [0.15, 0.2) is 36.5 Å². The molecule has 1 heterocycles. The van der Waals surface area contributed by atoms with Crippen LogP contribution in [0.4, 0.5) is 0 Å². The molecule has 0 spiro atoms. The molecule has 0 aliphatic carbocycles. The maximum absolute atomic E-state index is 12.2. The van der Waals surface area contributed by atoms with Gasteiger partial charge in [0.25, 0.3) is 0 Å². The summed E-state index contributed by atoms with van der Waals surface area (Å²) in [6.45, 7) is 6.92. The molecule has 206 valence electrons. The van der Waals surface area contributed by atoms with Gasteiger partial charge in [-0.25, -0.2) is 4.68 Å². The van der Waals surface area contributed by atoms with Crippen LogP contribution in [0, 0.1) is 11.8 Å². The number of ether oxygens (including phenoxy) is 2. The van der Waals surface area contributed by atoms with Crippen LogP contribution >= 0.6 is 0 Å². The van der Waals surface area contributed by atoms with Gasteiger partial charge in [-0.2, -0.15) is 0 Å². The van der Waals surface area contributed by atoms with E-state index in [1.54, 1.807) is 4.68 Å². The number of rotatable bonds is 19. The van der Waals surface area contributed by atoms with E-state index in [1.807, 2.05) is 43.5 Å². The van der Waals surface area contributed by atoms with E-state index < -0.39 is 0 Å². The number of hydrogen-bond donors (Lipinski definition) is 0. The van der Waals surface area contributed by atoms with E-state index in [9.17, 15) is 9.59 Å². The zero-order valence-electron chi connectivity index (χ0n) is 23.4. The minimum absolute atomic E-state index is 0.149. The highest BCUT2D eigenvalue weighted by Gasteiger charge is 2.23. The molecule has 7 nitrogen and oxygen atoms in total. The molecule has 0 saturated heterocycles. The molecule has 0 bridgehead atoms. The smallest absolute Gasteiger partial charge is 0.308 e. The largest absolute Gasteiger partial charge is 0.469 e.